The highest BCUT2D eigenvalue weighted by Crippen LogP contribution is 2.36. The first kappa shape index (κ1) is 29.7. The molecular formula is C25H39BrN2O6. The fourth-order valence-electron chi connectivity index (χ4n) is 3.49. The average molecular weight is 543 g/mol. The minimum absolute atomic E-state index is 0.348. The lowest BCUT2D eigenvalue weighted by atomic mass is 9.73. The van der Waals surface area contributed by atoms with Crippen LogP contribution in [0.1, 0.15) is 72.8 Å². The molecule has 1 aromatic carbocycles. The van der Waals surface area contributed by atoms with E-state index < -0.39 is 28.8 Å². The van der Waals surface area contributed by atoms with Crippen molar-refractivity contribution in [1.82, 2.24) is 10.6 Å². The van der Waals surface area contributed by atoms with Crippen LogP contribution in [0.3, 0.4) is 0 Å². The van der Waals surface area contributed by atoms with Crippen LogP contribution in [0.5, 0.6) is 0 Å². The molecule has 34 heavy (non-hydrogen) atoms. The molecule has 0 fully saturated rings. The van der Waals surface area contributed by atoms with E-state index >= 15 is 0 Å². The van der Waals surface area contributed by atoms with Gasteiger partial charge >= 0.3 is 18.2 Å². The van der Waals surface area contributed by atoms with Crippen LogP contribution in [0.2, 0.25) is 0 Å². The lowest BCUT2D eigenvalue weighted by molar-refractivity contribution is -0.148. The molecule has 1 aromatic rings. The Hall–Kier alpha value is -2.29. The largest absolute Gasteiger partial charge is 0.468 e. The molecule has 0 heterocycles. The molecule has 1 rings (SSSR count). The smallest absolute Gasteiger partial charge is 0.407 e. The Labute approximate surface area is 211 Å². The van der Waals surface area contributed by atoms with Crippen LogP contribution in [0.15, 0.2) is 28.7 Å². The number of alkyl carbamates (subject to hydrolysis) is 2. The minimum Gasteiger partial charge on any atom is -0.468 e. The summed E-state index contributed by atoms with van der Waals surface area (Å²) in [5, 5.41) is 5.48. The molecule has 0 saturated heterocycles. The number of methoxy groups -OCH3 is 1. The lowest BCUT2D eigenvalue weighted by Crippen LogP contribution is -2.40. The van der Waals surface area contributed by atoms with Crippen molar-refractivity contribution < 1.29 is 28.6 Å². The Kier molecular flexibility index (Phi) is 11.3. The third kappa shape index (κ3) is 10.8. The number of benzene rings is 1. The first-order valence-electron chi connectivity index (χ1n) is 11.5. The minimum atomic E-state index is -0.930. The molecule has 0 aliphatic carbocycles. The first-order valence-corrected chi connectivity index (χ1v) is 12.3. The summed E-state index contributed by atoms with van der Waals surface area (Å²) in [7, 11) is 1.37. The van der Waals surface area contributed by atoms with Gasteiger partial charge in [0.1, 0.15) is 11.2 Å². The molecule has 0 aromatic heterocycles. The number of nitrogens with one attached hydrogen (secondary N) is 2. The molecule has 0 atom stereocenters. The number of amides is 2. The molecule has 2 N–H and O–H groups in total. The van der Waals surface area contributed by atoms with E-state index in [-0.39, 0.29) is 5.97 Å². The normalized spacial score (nSPS) is 12.0. The highest BCUT2D eigenvalue weighted by Gasteiger charge is 2.40. The van der Waals surface area contributed by atoms with E-state index in [2.05, 4.69) is 26.6 Å². The Balaban J connectivity index is 2.92. The van der Waals surface area contributed by atoms with Crippen molar-refractivity contribution in [2.24, 2.45) is 0 Å². The maximum Gasteiger partial charge on any atom is 0.407 e. The topological polar surface area (TPSA) is 103 Å². The van der Waals surface area contributed by atoms with Gasteiger partial charge in [0.25, 0.3) is 0 Å². The first-order chi connectivity index (χ1) is 15.7. The van der Waals surface area contributed by atoms with Crippen molar-refractivity contribution in [3.63, 3.8) is 0 Å². The van der Waals surface area contributed by atoms with Gasteiger partial charge in [-0.3, -0.25) is 4.79 Å². The van der Waals surface area contributed by atoms with E-state index in [1.165, 1.54) is 7.11 Å². The molecule has 0 bridgehead atoms. The van der Waals surface area contributed by atoms with Gasteiger partial charge in [-0.1, -0.05) is 28.1 Å². The van der Waals surface area contributed by atoms with Crippen molar-refractivity contribution in [3.05, 3.63) is 34.3 Å². The van der Waals surface area contributed by atoms with E-state index in [1.807, 2.05) is 24.3 Å². The van der Waals surface area contributed by atoms with Gasteiger partial charge in [0.2, 0.25) is 0 Å². The van der Waals surface area contributed by atoms with Crippen LogP contribution in [-0.2, 0) is 24.4 Å². The SMILES string of the molecule is COC(=O)C(CCCNC(=O)OC(C)(C)C)(CCCNC(=O)OC(C)(C)C)c1ccc(Br)cc1. The van der Waals surface area contributed by atoms with Crippen LogP contribution in [0.4, 0.5) is 9.59 Å². The standard InChI is InChI=1S/C25H39BrN2O6/c1-23(2,3)33-21(30)27-16-8-14-25(20(29)32-7,18-10-12-19(26)13-11-18)15-9-17-28-22(31)34-24(4,5)6/h10-13H,8-9,14-17H2,1-7H3,(H,27,30)(H,28,31). The summed E-state index contributed by atoms with van der Waals surface area (Å²) in [6.45, 7) is 11.5. The van der Waals surface area contributed by atoms with Crippen LogP contribution in [-0.4, -0.2) is 49.6 Å². The van der Waals surface area contributed by atoms with Gasteiger partial charge in [-0.15, -0.1) is 0 Å². The maximum atomic E-state index is 13.1. The number of carbonyl (C=O) groups excluding carboxylic acids is 3. The third-order valence-electron chi connectivity index (χ3n) is 4.87. The average Bonchev–Trinajstić information content (AvgIpc) is 2.70. The number of halogens is 1. The van der Waals surface area contributed by atoms with Gasteiger partial charge in [0.05, 0.1) is 12.5 Å². The second-order valence-corrected chi connectivity index (χ2v) is 11.1. The molecule has 0 saturated carbocycles. The maximum absolute atomic E-state index is 13.1. The molecular weight excluding hydrogens is 504 g/mol. The van der Waals surface area contributed by atoms with Crippen LogP contribution in [0.25, 0.3) is 0 Å². The summed E-state index contributed by atoms with van der Waals surface area (Å²) in [5.74, 6) is -0.357. The second-order valence-electron chi connectivity index (χ2n) is 10.1. The van der Waals surface area contributed by atoms with Crippen molar-refractivity contribution in [2.75, 3.05) is 20.2 Å². The fraction of sp³-hybridized carbons (Fsp3) is 0.640. The van der Waals surface area contributed by atoms with Crippen LogP contribution >= 0.6 is 15.9 Å². The third-order valence-corrected chi connectivity index (χ3v) is 5.40. The monoisotopic (exact) mass is 542 g/mol. The molecule has 2 amide bonds. The number of ether oxygens (including phenoxy) is 3. The number of hydrogen-bond donors (Lipinski definition) is 2. The molecule has 0 aliphatic rings. The second kappa shape index (κ2) is 13.0. The van der Waals surface area contributed by atoms with Crippen molar-refractivity contribution in [3.8, 4) is 0 Å². The predicted octanol–water partition coefficient (Wildman–Crippen LogP) is 5.47. The predicted molar refractivity (Wildman–Crippen MR) is 135 cm³/mol. The Morgan fingerprint density at radius 1 is 0.794 bits per heavy atom. The van der Waals surface area contributed by atoms with Crippen molar-refractivity contribution in [1.29, 1.82) is 0 Å². The molecule has 0 radical (unpaired) electrons. The number of rotatable bonds is 10. The summed E-state index contributed by atoms with van der Waals surface area (Å²) < 4.78 is 16.7. The summed E-state index contributed by atoms with van der Waals surface area (Å²) in [4.78, 5) is 37.0. The molecule has 9 heteroatoms. The summed E-state index contributed by atoms with van der Waals surface area (Å²) in [5.41, 5.74) is -1.28. The van der Waals surface area contributed by atoms with Gasteiger partial charge in [0, 0.05) is 17.6 Å². The number of carbonyl (C=O) groups is 3. The van der Waals surface area contributed by atoms with Gasteiger partial charge < -0.3 is 24.8 Å². The molecule has 192 valence electrons. The van der Waals surface area contributed by atoms with Gasteiger partial charge in [-0.25, -0.2) is 9.59 Å². The zero-order valence-electron chi connectivity index (χ0n) is 21.4. The quantitative estimate of drug-likeness (QED) is 0.231. The summed E-state index contributed by atoms with van der Waals surface area (Å²) >= 11 is 3.43. The van der Waals surface area contributed by atoms with E-state index in [0.717, 1.165) is 10.0 Å². The van der Waals surface area contributed by atoms with Gasteiger partial charge in [-0.2, -0.15) is 0 Å². The van der Waals surface area contributed by atoms with Crippen LogP contribution in [0, 0.1) is 0 Å². The fourth-order valence-corrected chi connectivity index (χ4v) is 3.75. The molecule has 0 spiro atoms. The Bertz CT molecular complexity index is 776. The zero-order valence-corrected chi connectivity index (χ0v) is 23.0. The van der Waals surface area contributed by atoms with Crippen molar-refractivity contribution in [2.45, 2.75) is 83.8 Å². The molecule has 8 nitrogen and oxygen atoms in total. The molecule has 0 aliphatic heterocycles. The number of hydrogen-bond acceptors (Lipinski definition) is 6. The van der Waals surface area contributed by atoms with E-state index in [0.29, 0.717) is 38.8 Å². The van der Waals surface area contributed by atoms with E-state index in [9.17, 15) is 14.4 Å². The highest BCUT2D eigenvalue weighted by molar-refractivity contribution is 9.10. The summed E-state index contributed by atoms with van der Waals surface area (Å²) in [6.07, 6.45) is 0.962. The van der Waals surface area contributed by atoms with E-state index in [4.69, 9.17) is 14.2 Å². The van der Waals surface area contributed by atoms with Crippen molar-refractivity contribution >= 4 is 34.1 Å². The summed E-state index contributed by atoms with van der Waals surface area (Å²) in [6, 6.07) is 7.54. The van der Waals surface area contributed by atoms with Gasteiger partial charge in [0.15, 0.2) is 0 Å². The number of esters is 1. The Morgan fingerprint density at radius 2 is 1.21 bits per heavy atom. The molecule has 0 unspecified atom stereocenters. The Morgan fingerprint density at radius 3 is 1.56 bits per heavy atom. The van der Waals surface area contributed by atoms with Gasteiger partial charge in [-0.05, 0) is 84.9 Å². The zero-order chi connectivity index (χ0) is 26.0. The lowest BCUT2D eigenvalue weighted by Gasteiger charge is -2.32. The van der Waals surface area contributed by atoms with Crippen LogP contribution < -0.4 is 10.6 Å². The highest BCUT2D eigenvalue weighted by atomic mass is 79.9. The van der Waals surface area contributed by atoms with E-state index in [1.54, 1.807) is 41.5 Å².